The van der Waals surface area contributed by atoms with E-state index in [0.29, 0.717) is 24.4 Å². The maximum Gasteiger partial charge on any atom is 0.230 e. The van der Waals surface area contributed by atoms with Crippen LogP contribution in [0, 0.1) is 6.92 Å². The summed E-state index contributed by atoms with van der Waals surface area (Å²) in [7, 11) is 2.20. The van der Waals surface area contributed by atoms with Crippen LogP contribution in [-0.2, 0) is 6.54 Å². The van der Waals surface area contributed by atoms with Gasteiger partial charge in [-0.05, 0) is 26.8 Å². The van der Waals surface area contributed by atoms with E-state index in [9.17, 15) is 0 Å². The van der Waals surface area contributed by atoms with Crippen molar-refractivity contribution in [1.82, 2.24) is 20.4 Å². The molecule has 0 aliphatic heterocycles. The summed E-state index contributed by atoms with van der Waals surface area (Å²) in [5.74, 6) is 1.29. The van der Waals surface area contributed by atoms with Gasteiger partial charge in [0.05, 0.1) is 6.54 Å². The molecule has 1 saturated carbocycles. The maximum absolute atomic E-state index is 5.29. The number of nitrogens with one attached hydrogen (secondary N) is 1. The lowest BCUT2D eigenvalue weighted by molar-refractivity contribution is 0.239. The van der Waals surface area contributed by atoms with E-state index in [1.54, 1.807) is 6.92 Å². The number of aromatic nitrogens is 2. The summed E-state index contributed by atoms with van der Waals surface area (Å²) in [6.07, 6.45) is 2.70. The zero-order valence-corrected chi connectivity index (χ0v) is 10.2. The average molecular weight is 224 g/mol. The number of hydrogen-bond acceptors (Lipinski definition) is 5. The van der Waals surface area contributed by atoms with E-state index >= 15 is 0 Å². The standard InChI is InChI=1S/C11H20N4O/c1-8(15(3)10-4-5-10)6-12-7-11-14-13-9(2)16-11/h8,10,12H,4-7H2,1-3H3. The summed E-state index contributed by atoms with van der Waals surface area (Å²) < 4.78 is 5.29. The van der Waals surface area contributed by atoms with Gasteiger partial charge in [-0.2, -0.15) is 0 Å². The molecule has 1 aromatic heterocycles. The predicted molar refractivity (Wildman–Crippen MR) is 61.0 cm³/mol. The topological polar surface area (TPSA) is 54.2 Å². The SMILES string of the molecule is Cc1nnc(CNCC(C)N(C)C2CC2)o1. The third-order valence-corrected chi connectivity index (χ3v) is 3.10. The van der Waals surface area contributed by atoms with E-state index in [4.69, 9.17) is 4.42 Å². The second-order valence-corrected chi connectivity index (χ2v) is 4.59. The molecular weight excluding hydrogens is 204 g/mol. The van der Waals surface area contributed by atoms with Crippen molar-refractivity contribution in [1.29, 1.82) is 0 Å². The Bertz CT molecular complexity index is 334. The molecular formula is C11H20N4O. The van der Waals surface area contributed by atoms with Gasteiger partial charge < -0.3 is 9.73 Å². The number of nitrogens with zero attached hydrogens (tertiary/aromatic N) is 3. The van der Waals surface area contributed by atoms with Gasteiger partial charge in [0.25, 0.3) is 0 Å². The van der Waals surface area contributed by atoms with Crippen molar-refractivity contribution in [2.75, 3.05) is 13.6 Å². The molecule has 1 N–H and O–H groups in total. The molecule has 0 spiro atoms. The van der Waals surface area contributed by atoms with Crippen LogP contribution in [0.3, 0.4) is 0 Å². The summed E-state index contributed by atoms with van der Waals surface area (Å²) in [4.78, 5) is 2.44. The van der Waals surface area contributed by atoms with Crippen molar-refractivity contribution in [3.8, 4) is 0 Å². The zero-order valence-electron chi connectivity index (χ0n) is 10.2. The van der Waals surface area contributed by atoms with Crippen molar-refractivity contribution in [3.63, 3.8) is 0 Å². The Morgan fingerprint density at radius 3 is 2.81 bits per heavy atom. The highest BCUT2D eigenvalue weighted by molar-refractivity contribution is 4.86. The van der Waals surface area contributed by atoms with Gasteiger partial charge in [-0.25, -0.2) is 0 Å². The highest BCUT2D eigenvalue weighted by Gasteiger charge is 2.28. The lowest BCUT2D eigenvalue weighted by atomic mass is 10.3. The molecule has 1 aliphatic carbocycles. The fourth-order valence-corrected chi connectivity index (χ4v) is 1.78. The van der Waals surface area contributed by atoms with Gasteiger partial charge in [0, 0.05) is 25.6 Å². The highest BCUT2D eigenvalue weighted by atomic mass is 16.4. The molecule has 0 amide bonds. The Labute approximate surface area is 96.2 Å². The van der Waals surface area contributed by atoms with Crippen LogP contribution in [0.5, 0.6) is 0 Å². The first-order valence-corrected chi connectivity index (χ1v) is 5.88. The van der Waals surface area contributed by atoms with E-state index in [1.165, 1.54) is 12.8 Å². The molecule has 0 radical (unpaired) electrons. The van der Waals surface area contributed by atoms with E-state index in [0.717, 1.165) is 12.6 Å². The van der Waals surface area contributed by atoms with Gasteiger partial charge in [0.2, 0.25) is 11.8 Å². The lowest BCUT2D eigenvalue weighted by Crippen LogP contribution is -2.38. The summed E-state index contributed by atoms with van der Waals surface area (Å²) in [6, 6.07) is 1.36. The molecule has 1 atom stereocenters. The van der Waals surface area contributed by atoms with Crippen molar-refractivity contribution < 1.29 is 4.42 Å². The number of rotatable bonds is 6. The summed E-state index contributed by atoms with van der Waals surface area (Å²) >= 11 is 0. The Kier molecular flexibility index (Phi) is 3.56. The summed E-state index contributed by atoms with van der Waals surface area (Å²) in [6.45, 7) is 5.66. The smallest absolute Gasteiger partial charge is 0.230 e. The van der Waals surface area contributed by atoms with Crippen LogP contribution < -0.4 is 5.32 Å². The molecule has 1 aliphatic rings. The first-order chi connectivity index (χ1) is 7.66. The molecule has 0 saturated heterocycles. The fraction of sp³-hybridized carbons (Fsp3) is 0.818. The van der Waals surface area contributed by atoms with Crippen molar-refractivity contribution in [2.24, 2.45) is 0 Å². The molecule has 5 nitrogen and oxygen atoms in total. The third kappa shape index (κ3) is 3.02. The second-order valence-electron chi connectivity index (χ2n) is 4.59. The Morgan fingerprint density at radius 2 is 2.25 bits per heavy atom. The van der Waals surface area contributed by atoms with Gasteiger partial charge in [0.1, 0.15) is 0 Å². The minimum Gasteiger partial charge on any atom is -0.424 e. The normalized spacial score (nSPS) is 18.0. The monoisotopic (exact) mass is 224 g/mol. The van der Waals surface area contributed by atoms with Crippen LogP contribution in [-0.4, -0.2) is 40.8 Å². The number of aryl methyl sites for hydroxylation is 1. The van der Waals surface area contributed by atoms with Crippen LogP contribution in [0.25, 0.3) is 0 Å². The maximum atomic E-state index is 5.29. The van der Waals surface area contributed by atoms with E-state index in [-0.39, 0.29) is 0 Å². The molecule has 90 valence electrons. The minimum absolute atomic E-state index is 0.552. The van der Waals surface area contributed by atoms with Crippen LogP contribution >= 0.6 is 0 Å². The van der Waals surface area contributed by atoms with Gasteiger partial charge in [0.15, 0.2) is 0 Å². The Balaban J connectivity index is 1.67. The summed E-state index contributed by atoms with van der Waals surface area (Å²) in [5.41, 5.74) is 0. The zero-order chi connectivity index (χ0) is 11.5. The number of likely N-dealkylation sites (N-methyl/N-ethyl adjacent to an activating group) is 1. The van der Waals surface area contributed by atoms with Gasteiger partial charge in [-0.1, -0.05) is 0 Å². The molecule has 16 heavy (non-hydrogen) atoms. The van der Waals surface area contributed by atoms with Gasteiger partial charge >= 0.3 is 0 Å². The lowest BCUT2D eigenvalue weighted by Gasteiger charge is -2.24. The molecule has 0 bridgehead atoms. The van der Waals surface area contributed by atoms with E-state index in [1.807, 2.05) is 0 Å². The van der Waals surface area contributed by atoms with Gasteiger partial charge in [-0.15, -0.1) is 10.2 Å². The van der Waals surface area contributed by atoms with Crippen LogP contribution in [0.1, 0.15) is 31.5 Å². The Hall–Kier alpha value is -0.940. The molecule has 1 unspecified atom stereocenters. The highest BCUT2D eigenvalue weighted by Crippen LogP contribution is 2.26. The van der Waals surface area contributed by atoms with E-state index in [2.05, 4.69) is 34.4 Å². The van der Waals surface area contributed by atoms with Crippen molar-refractivity contribution in [3.05, 3.63) is 11.8 Å². The first kappa shape index (κ1) is 11.5. The van der Waals surface area contributed by atoms with Crippen LogP contribution in [0.4, 0.5) is 0 Å². The summed E-state index contributed by atoms with van der Waals surface area (Å²) in [5, 5.41) is 11.1. The van der Waals surface area contributed by atoms with Gasteiger partial charge in [-0.3, -0.25) is 4.90 Å². The molecule has 2 rings (SSSR count). The molecule has 1 heterocycles. The molecule has 1 aromatic rings. The van der Waals surface area contributed by atoms with Crippen molar-refractivity contribution >= 4 is 0 Å². The van der Waals surface area contributed by atoms with Crippen LogP contribution in [0.2, 0.25) is 0 Å². The first-order valence-electron chi connectivity index (χ1n) is 5.88. The second kappa shape index (κ2) is 4.93. The number of hydrogen-bond donors (Lipinski definition) is 1. The largest absolute Gasteiger partial charge is 0.424 e. The quantitative estimate of drug-likeness (QED) is 0.779. The average Bonchev–Trinajstić information content (AvgIpc) is 3.02. The van der Waals surface area contributed by atoms with Crippen molar-refractivity contribution in [2.45, 2.75) is 45.3 Å². The minimum atomic E-state index is 0.552. The third-order valence-electron chi connectivity index (χ3n) is 3.10. The fourth-order valence-electron chi connectivity index (χ4n) is 1.78. The van der Waals surface area contributed by atoms with E-state index < -0.39 is 0 Å². The molecule has 1 fully saturated rings. The predicted octanol–water partition coefficient (Wildman–Crippen LogP) is 0.950. The molecule has 0 aromatic carbocycles. The Morgan fingerprint density at radius 1 is 1.50 bits per heavy atom. The molecule has 5 heteroatoms. The van der Waals surface area contributed by atoms with Crippen LogP contribution in [0.15, 0.2) is 4.42 Å².